The Morgan fingerprint density at radius 1 is 1.14 bits per heavy atom. The van der Waals surface area contributed by atoms with Crippen LogP contribution in [0.2, 0.25) is 0 Å². The molecule has 1 aliphatic heterocycles. The van der Waals surface area contributed by atoms with E-state index >= 15 is 0 Å². The van der Waals surface area contributed by atoms with Gasteiger partial charge in [-0.25, -0.2) is 0 Å². The lowest BCUT2D eigenvalue weighted by atomic mass is 9.99. The van der Waals surface area contributed by atoms with Crippen LogP contribution in [0.3, 0.4) is 0 Å². The maximum Gasteiger partial charge on any atom is 0.266 e. The summed E-state index contributed by atoms with van der Waals surface area (Å²) in [5.74, 6) is -0.201. The molecule has 0 fully saturated rings. The van der Waals surface area contributed by atoms with Crippen LogP contribution in [0, 0.1) is 6.92 Å². The Kier molecular flexibility index (Phi) is 3.31. The molecule has 1 unspecified atom stereocenters. The van der Waals surface area contributed by atoms with Crippen molar-refractivity contribution in [3.63, 3.8) is 0 Å². The van der Waals surface area contributed by atoms with Gasteiger partial charge in [-0.3, -0.25) is 9.79 Å². The van der Waals surface area contributed by atoms with E-state index in [0.717, 1.165) is 28.1 Å². The summed E-state index contributed by atoms with van der Waals surface area (Å²) in [5.41, 5.74) is 10.5. The summed E-state index contributed by atoms with van der Waals surface area (Å²) < 4.78 is 0. The Morgan fingerprint density at radius 3 is 2.57 bits per heavy atom. The zero-order valence-corrected chi connectivity index (χ0v) is 12.1. The van der Waals surface area contributed by atoms with Crippen molar-refractivity contribution >= 4 is 17.3 Å². The summed E-state index contributed by atoms with van der Waals surface area (Å²) in [4.78, 5) is 18.3. The predicted molar refractivity (Wildman–Crippen MR) is 84.6 cm³/mol. The highest BCUT2D eigenvalue weighted by Crippen LogP contribution is 2.27. The Balaban J connectivity index is 2.26. The number of nitrogens with zero attached hydrogens (tertiary/aromatic N) is 2. The van der Waals surface area contributed by atoms with Gasteiger partial charge in [0.1, 0.15) is 0 Å². The van der Waals surface area contributed by atoms with Gasteiger partial charge >= 0.3 is 0 Å². The van der Waals surface area contributed by atoms with Crippen molar-refractivity contribution in [2.24, 2.45) is 10.7 Å². The maximum atomic E-state index is 12.3. The molecule has 0 radical (unpaired) electrons. The first kappa shape index (κ1) is 13.5. The van der Waals surface area contributed by atoms with E-state index in [1.807, 2.05) is 55.5 Å². The van der Waals surface area contributed by atoms with Gasteiger partial charge in [-0.1, -0.05) is 42.5 Å². The van der Waals surface area contributed by atoms with E-state index < -0.39 is 6.17 Å². The number of benzodiazepines with no additional fused rings is 1. The molecule has 4 heteroatoms. The van der Waals surface area contributed by atoms with E-state index in [4.69, 9.17) is 5.73 Å². The first-order valence-corrected chi connectivity index (χ1v) is 6.85. The fourth-order valence-electron chi connectivity index (χ4n) is 2.53. The van der Waals surface area contributed by atoms with Gasteiger partial charge < -0.3 is 10.6 Å². The molecule has 1 heterocycles. The fourth-order valence-corrected chi connectivity index (χ4v) is 2.53. The monoisotopic (exact) mass is 279 g/mol. The average Bonchev–Trinajstić information content (AvgIpc) is 2.59. The van der Waals surface area contributed by atoms with Crippen molar-refractivity contribution in [3.8, 4) is 0 Å². The summed E-state index contributed by atoms with van der Waals surface area (Å²) >= 11 is 0. The quantitative estimate of drug-likeness (QED) is 0.869. The number of fused-ring (bicyclic) bond motifs is 1. The average molecular weight is 279 g/mol. The van der Waals surface area contributed by atoms with Gasteiger partial charge in [0.05, 0.1) is 11.4 Å². The zero-order valence-electron chi connectivity index (χ0n) is 12.1. The molecular formula is C17H17N3O. The molecule has 106 valence electrons. The lowest BCUT2D eigenvalue weighted by Crippen LogP contribution is -2.39. The van der Waals surface area contributed by atoms with Gasteiger partial charge in [-0.15, -0.1) is 0 Å². The number of amides is 1. The van der Waals surface area contributed by atoms with E-state index in [0.29, 0.717) is 0 Å². The number of anilines is 1. The van der Waals surface area contributed by atoms with E-state index in [1.54, 1.807) is 11.9 Å². The lowest BCUT2D eigenvalue weighted by molar-refractivity contribution is -0.119. The number of carbonyl (C=O) groups is 1. The van der Waals surface area contributed by atoms with Crippen molar-refractivity contribution in [2.75, 3.05) is 11.9 Å². The van der Waals surface area contributed by atoms with Crippen LogP contribution in [0.25, 0.3) is 0 Å². The van der Waals surface area contributed by atoms with Gasteiger partial charge in [0.15, 0.2) is 6.17 Å². The third kappa shape index (κ3) is 2.34. The Labute approximate surface area is 123 Å². The van der Waals surface area contributed by atoms with Crippen molar-refractivity contribution in [1.29, 1.82) is 0 Å². The maximum absolute atomic E-state index is 12.3. The second-order valence-corrected chi connectivity index (χ2v) is 5.21. The van der Waals surface area contributed by atoms with Crippen LogP contribution in [-0.2, 0) is 4.79 Å². The smallest absolute Gasteiger partial charge is 0.266 e. The molecule has 1 amide bonds. The first-order valence-electron chi connectivity index (χ1n) is 6.85. The van der Waals surface area contributed by atoms with Gasteiger partial charge in [-0.2, -0.15) is 0 Å². The van der Waals surface area contributed by atoms with Crippen LogP contribution in [0.15, 0.2) is 53.5 Å². The minimum atomic E-state index is -0.877. The normalized spacial score (nSPS) is 18.0. The van der Waals surface area contributed by atoms with Crippen LogP contribution >= 0.6 is 0 Å². The largest absolute Gasteiger partial charge is 0.312 e. The molecule has 21 heavy (non-hydrogen) atoms. The molecular weight excluding hydrogens is 262 g/mol. The number of aryl methyl sites for hydroxylation is 1. The minimum Gasteiger partial charge on any atom is -0.312 e. The number of carbonyl (C=O) groups excluding carboxylic acids is 1. The van der Waals surface area contributed by atoms with Gasteiger partial charge in [0, 0.05) is 18.2 Å². The SMILES string of the molecule is Cc1ccc2c(c1)N(C)C(=O)C(N)N=C2c1ccccc1. The number of rotatable bonds is 1. The molecule has 0 saturated carbocycles. The van der Waals surface area contributed by atoms with Crippen molar-refractivity contribution in [1.82, 2.24) is 0 Å². The summed E-state index contributed by atoms with van der Waals surface area (Å²) in [6.07, 6.45) is -0.877. The highest BCUT2D eigenvalue weighted by Gasteiger charge is 2.27. The van der Waals surface area contributed by atoms with Crippen LogP contribution in [0.1, 0.15) is 16.7 Å². The number of aliphatic imine (C=N–C) groups is 1. The number of nitrogens with two attached hydrogens (primary N) is 1. The third-order valence-corrected chi connectivity index (χ3v) is 3.67. The van der Waals surface area contributed by atoms with E-state index in [2.05, 4.69) is 4.99 Å². The van der Waals surface area contributed by atoms with E-state index in [-0.39, 0.29) is 5.91 Å². The van der Waals surface area contributed by atoms with Crippen molar-refractivity contribution in [3.05, 3.63) is 65.2 Å². The van der Waals surface area contributed by atoms with E-state index in [1.165, 1.54) is 0 Å². The third-order valence-electron chi connectivity index (χ3n) is 3.67. The molecule has 2 aromatic rings. The van der Waals surface area contributed by atoms with Crippen molar-refractivity contribution in [2.45, 2.75) is 13.1 Å². The summed E-state index contributed by atoms with van der Waals surface area (Å²) in [6.45, 7) is 2.00. The number of benzene rings is 2. The first-order chi connectivity index (χ1) is 10.1. The molecule has 0 aromatic heterocycles. The molecule has 3 rings (SSSR count). The zero-order chi connectivity index (χ0) is 15.0. The number of hydrogen-bond donors (Lipinski definition) is 1. The minimum absolute atomic E-state index is 0.201. The lowest BCUT2D eigenvalue weighted by Gasteiger charge is -2.19. The van der Waals surface area contributed by atoms with Crippen LogP contribution in [-0.4, -0.2) is 24.8 Å². The fraction of sp³-hybridized carbons (Fsp3) is 0.176. The van der Waals surface area contributed by atoms with Gasteiger partial charge in [0.2, 0.25) is 0 Å². The molecule has 1 aliphatic rings. The predicted octanol–water partition coefficient (Wildman–Crippen LogP) is 2.09. The molecule has 1 atom stereocenters. The molecule has 4 nitrogen and oxygen atoms in total. The van der Waals surface area contributed by atoms with Crippen LogP contribution in [0.4, 0.5) is 5.69 Å². The molecule has 0 aliphatic carbocycles. The Bertz CT molecular complexity index is 722. The summed E-state index contributed by atoms with van der Waals surface area (Å²) in [6, 6.07) is 15.8. The highest BCUT2D eigenvalue weighted by molar-refractivity contribution is 6.20. The van der Waals surface area contributed by atoms with Gasteiger partial charge in [0.25, 0.3) is 5.91 Å². The molecule has 2 aromatic carbocycles. The highest BCUT2D eigenvalue weighted by atomic mass is 16.2. The van der Waals surface area contributed by atoms with Gasteiger partial charge in [-0.05, 0) is 18.6 Å². The summed E-state index contributed by atoms with van der Waals surface area (Å²) in [5, 5.41) is 0. The number of hydrogen-bond acceptors (Lipinski definition) is 3. The van der Waals surface area contributed by atoms with Crippen molar-refractivity contribution < 1.29 is 4.79 Å². The molecule has 0 saturated heterocycles. The Hall–Kier alpha value is -2.46. The van der Waals surface area contributed by atoms with E-state index in [9.17, 15) is 4.79 Å². The summed E-state index contributed by atoms with van der Waals surface area (Å²) in [7, 11) is 1.74. The number of likely N-dealkylation sites (N-methyl/N-ethyl adjacent to an activating group) is 1. The molecule has 0 spiro atoms. The Morgan fingerprint density at radius 2 is 1.86 bits per heavy atom. The van der Waals surface area contributed by atoms with Crippen LogP contribution in [0.5, 0.6) is 0 Å². The topological polar surface area (TPSA) is 58.7 Å². The molecule has 0 bridgehead atoms. The van der Waals surface area contributed by atoms with Crippen LogP contribution < -0.4 is 10.6 Å². The second kappa shape index (κ2) is 5.14. The standard InChI is InChI=1S/C17H17N3O/c1-11-8-9-13-14(10-11)20(2)17(21)16(18)19-15(13)12-6-4-3-5-7-12/h3-10,16H,18H2,1-2H3. The second-order valence-electron chi connectivity index (χ2n) is 5.21. The molecule has 2 N–H and O–H groups in total.